The number of aliphatic hydroxyl groups excluding tert-OH is 1. The summed E-state index contributed by atoms with van der Waals surface area (Å²) in [5.74, 6) is -1.72. The minimum absolute atomic E-state index is 0.0336. The molecule has 1 rings (SSSR count). The fourth-order valence-electron chi connectivity index (χ4n) is 1.91. The largest absolute Gasteiger partial charge is 0.463 e. The van der Waals surface area contributed by atoms with Crippen molar-refractivity contribution in [1.82, 2.24) is 0 Å². The van der Waals surface area contributed by atoms with Gasteiger partial charge in [-0.3, -0.25) is 14.4 Å². The van der Waals surface area contributed by atoms with E-state index in [1.807, 2.05) is 0 Å². The molecule has 1 heterocycles. The van der Waals surface area contributed by atoms with E-state index in [1.165, 1.54) is 20.8 Å². The molecule has 8 heteroatoms. The van der Waals surface area contributed by atoms with Crippen molar-refractivity contribution < 1.29 is 38.4 Å². The van der Waals surface area contributed by atoms with Crippen LogP contribution in [0.5, 0.6) is 0 Å². The molecule has 1 aliphatic rings. The van der Waals surface area contributed by atoms with Crippen LogP contribution in [0.4, 0.5) is 0 Å². The van der Waals surface area contributed by atoms with E-state index in [0.717, 1.165) is 0 Å². The highest BCUT2D eigenvalue weighted by molar-refractivity contribution is 5.67. The first-order valence-electron chi connectivity index (χ1n) is 6.11. The topological polar surface area (TPSA) is 108 Å². The number of hydrogen-bond donors (Lipinski definition) is 1. The summed E-state index contributed by atoms with van der Waals surface area (Å²) in [4.78, 5) is 33.0. The normalized spacial score (nSPS) is 29.4. The molecule has 1 unspecified atom stereocenters. The summed E-state index contributed by atoms with van der Waals surface area (Å²) in [6.07, 6.45) is -3.95. The predicted octanol–water partition coefficient (Wildman–Crippen LogP) is -0.480. The lowest BCUT2D eigenvalue weighted by atomic mass is 10.0. The second-order valence-electron chi connectivity index (χ2n) is 4.39. The van der Waals surface area contributed by atoms with Gasteiger partial charge in [-0.25, -0.2) is 0 Å². The third-order valence-corrected chi connectivity index (χ3v) is 2.57. The summed E-state index contributed by atoms with van der Waals surface area (Å²) in [5.41, 5.74) is 0. The molecule has 0 amide bonds. The summed E-state index contributed by atoms with van der Waals surface area (Å²) in [6.45, 7) is 3.39. The Morgan fingerprint density at radius 2 is 1.70 bits per heavy atom. The van der Waals surface area contributed by atoms with Crippen LogP contribution < -0.4 is 0 Å². The van der Waals surface area contributed by atoms with E-state index < -0.39 is 42.5 Å². The second kappa shape index (κ2) is 7.20. The van der Waals surface area contributed by atoms with Crippen LogP contribution in [0, 0.1) is 0 Å². The van der Waals surface area contributed by atoms with E-state index in [2.05, 4.69) is 0 Å². The van der Waals surface area contributed by atoms with Crippen molar-refractivity contribution in [2.45, 2.75) is 51.8 Å². The van der Waals surface area contributed by atoms with Crippen LogP contribution in [0.1, 0.15) is 27.2 Å². The Labute approximate surface area is 115 Å². The first kappa shape index (κ1) is 16.4. The maximum absolute atomic E-state index is 11.1. The Morgan fingerprint density at radius 1 is 1.10 bits per heavy atom. The summed E-state index contributed by atoms with van der Waals surface area (Å²) < 4.78 is 20.0. The van der Waals surface area contributed by atoms with E-state index in [1.54, 1.807) is 0 Å². The zero-order valence-electron chi connectivity index (χ0n) is 11.5. The Morgan fingerprint density at radius 3 is 2.20 bits per heavy atom. The lowest BCUT2D eigenvalue weighted by Crippen LogP contribution is -2.53. The van der Waals surface area contributed by atoms with Gasteiger partial charge in [0.15, 0.2) is 12.4 Å². The Kier molecular flexibility index (Phi) is 5.90. The van der Waals surface area contributed by atoms with Gasteiger partial charge in [-0.2, -0.15) is 0 Å². The van der Waals surface area contributed by atoms with Gasteiger partial charge in [-0.05, 0) is 0 Å². The van der Waals surface area contributed by atoms with Crippen LogP contribution in [0.3, 0.4) is 0 Å². The standard InChI is InChI=1S/C12H18O8/c1-6(13)17-5-10-12(19-8(3)15)9(18-7(2)14)4-11(16)20-10/h9-12,16H,4-5H2,1-3H3/t9-,10?,11-,12+/m1/s1. The van der Waals surface area contributed by atoms with E-state index in [-0.39, 0.29) is 13.0 Å². The molecule has 0 aromatic rings. The molecular formula is C12H18O8. The van der Waals surface area contributed by atoms with Gasteiger partial charge >= 0.3 is 17.9 Å². The van der Waals surface area contributed by atoms with E-state index in [0.29, 0.717) is 0 Å². The zero-order chi connectivity index (χ0) is 15.3. The molecule has 8 nitrogen and oxygen atoms in total. The number of ether oxygens (including phenoxy) is 4. The molecule has 20 heavy (non-hydrogen) atoms. The highest BCUT2D eigenvalue weighted by Gasteiger charge is 2.43. The molecule has 4 atom stereocenters. The van der Waals surface area contributed by atoms with Crippen LogP contribution >= 0.6 is 0 Å². The Balaban J connectivity index is 2.82. The Hall–Kier alpha value is -1.67. The lowest BCUT2D eigenvalue weighted by Gasteiger charge is -2.38. The van der Waals surface area contributed by atoms with Gasteiger partial charge in [0.05, 0.1) is 0 Å². The molecule has 0 aliphatic carbocycles. The zero-order valence-corrected chi connectivity index (χ0v) is 11.5. The molecule has 0 aromatic heterocycles. The van der Waals surface area contributed by atoms with Gasteiger partial charge in [0.1, 0.15) is 18.8 Å². The predicted molar refractivity (Wildman–Crippen MR) is 63.2 cm³/mol. The van der Waals surface area contributed by atoms with Gasteiger partial charge in [-0.1, -0.05) is 0 Å². The fourth-order valence-corrected chi connectivity index (χ4v) is 1.91. The SMILES string of the molecule is CC(=O)OCC1O[C@@H](O)C[C@@H](OC(C)=O)[C@@H]1OC(C)=O. The van der Waals surface area contributed by atoms with Gasteiger partial charge in [0.2, 0.25) is 0 Å². The third-order valence-electron chi connectivity index (χ3n) is 2.57. The van der Waals surface area contributed by atoms with Crippen molar-refractivity contribution in [2.75, 3.05) is 6.61 Å². The minimum atomic E-state index is -1.20. The van der Waals surface area contributed by atoms with Crippen molar-refractivity contribution in [2.24, 2.45) is 0 Å². The van der Waals surface area contributed by atoms with Crippen LogP contribution in [-0.4, -0.2) is 54.2 Å². The fraction of sp³-hybridized carbons (Fsp3) is 0.750. The summed E-state index contributed by atoms with van der Waals surface area (Å²) >= 11 is 0. The van der Waals surface area contributed by atoms with Gasteiger partial charge in [-0.15, -0.1) is 0 Å². The lowest BCUT2D eigenvalue weighted by molar-refractivity contribution is -0.252. The molecule has 0 aromatic carbocycles. The van der Waals surface area contributed by atoms with Crippen molar-refractivity contribution in [1.29, 1.82) is 0 Å². The van der Waals surface area contributed by atoms with Crippen molar-refractivity contribution in [3.05, 3.63) is 0 Å². The monoisotopic (exact) mass is 290 g/mol. The number of hydrogen-bond acceptors (Lipinski definition) is 8. The number of rotatable bonds is 4. The maximum Gasteiger partial charge on any atom is 0.303 e. The van der Waals surface area contributed by atoms with Crippen molar-refractivity contribution in [3.63, 3.8) is 0 Å². The molecular weight excluding hydrogens is 272 g/mol. The number of carbonyl (C=O) groups is 3. The Bertz CT molecular complexity index is 380. The quantitative estimate of drug-likeness (QED) is 0.546. The average Bonchev–Trinajstić information content (AvgIpc) is 2.28. The maximum atomic E-state index is 11.1. The molecule has 114 valence electrons. The highest BCUT2D eigenvalue weighted by Crippen LogP contribution is 2.25. The van der Waals surface area contributed by atoms with Crippen molar-refractivity contribution >= 4 is 17.9 Å². The van der Waals surface area contributed by atoms with Crippen LogP contribution in [0.25, 0.3) is 0 Å². The summed E-state index contributed by atoms with van der Waals surface area (Å²) in [6, 6.07) is 0. The van der Waals surface area contributed by atoms with Gasteiger partial charge in [0, 0.05) is 27.2 Å². The second-order valence-corrected chi connectivity index (χ2v) is 4.39. The van der Waals surface area contributed by atoms with Crippen LogP contribution in [-0.2, 0) is 33.3 Å². The number of carbonyl (C=O) groups excluding carboxylic acids is 3. The van der Waals surface area contributed by atoms with E-state index >= 15 is 0 Å². The first-order valence-corrected chi connectivity index (χ1v) is 6.11. The van der Waals surface area contributed by atoms with Crippen LogP contribution in [0.15, 0.2) is 0 Å². The third kappa shape index (κ3) is 5.14. The first-order chi connectivity index (χ1) is 9.29. The minimum Gasteiger partial charge on any atom is -0.463 e. The molecule has 1 N–H and O–H groups in total. The molecule has 1 saturated heterocycles. The average molecular weight is 290 g/mol. The molecule has 1 fully saturated rings. The van der Waals surface area contributed by atoms with Gasteiger partial charge in [0.25, 0.3) is 0 Å². The number of esters is 3. The van der Waals surface area contributed by atoms with Crippen molar-refractivity contribution in [3.8, 4) is 0 Å². The molecule has 0 bridgehead atoms. The molecule has 0 spiro atoms. The smallest absolute Gasteiger partial charge is 0.303 e. The number of aliphatic hydroxyl groups is 1. The molecule has 1 aliphatic heterocycles. The molecule has 0 radical (unpaired) electrons. The summed E-state index contributed by atoms with van der Waals surface area (Å²) in [5, 5.41) is 9.59. The van der Waals surface area contributed by atoms with Gasteiger partial charge < -0.3 is 24.1 Å². The highest BCUT2D eigenvalue weighted by atomic mass is 16.7. The van der Waals surface area contributed by atoms with E-state index in [9.17, 15) is 19.5 Å². The van der Waals surface area contributed by atoms with Crippen LogP contribution in [0.2, 0.25) is 0 Å². The summed E-state index contributed by atoms with van der Waals surface area (Å²) in [7, 11) is 0. The molecule has 0 saturated carbocycles. The van der Waals surface area contributed by atoms with E-state index in [4.69, 9.17) is 18.9 Å².